The van der Waals surface area contributed by atoms with E-state index in [4.69, 9.17) is 0 Å². The number of allylic oxidation sites excluding steroid dienone is 4. The SMILES string of the molecule is CC(C)(C)c1ccc2c(c1)[cH-]c1cc(C(C)(C)C)ccc12.CC1=[C-]C(C)C=C1C.[Cl-].[Cl-].[Zr+2]=[CH]c1cccc2ccccc12. The minimum atomic E-state index is 0. The number of fused-ring (bicyclic) bond motifs is 4. The number of rotatable bonds is 1. The van der Waals surface area contributed by atoms with Crippen LogP contribution in [0.4, 0.5) is 0 Å². The molecule has 1 atom stereocenters. The second-order valence-corrected chi connectivity index (χ2v) is 14.1. The van der Waals surface area contributed by atoms with Gasteiger partial charge in [0.15, 0.2) is 0 Å². The fraction of sp³-hybridized carbons (Fsp3) is 0.300. The van der Waals surface area contributed by atoms with Crippen molar-refractivity contribution in [2.75, 3.05) is 0 Å². The molecule has 0 fully saturated rings. The first kappa shape index (κ1) is 37.0. The summed E-state index contributed by atoms with van der Waals surface area (Å²) in [5.74, 6) is 0.551. The Labute approximate surface area is 287 Å². The average Bonchev–Trinajstić information content (AvgIpc) is 3.44. The van der Waals surface area contributed by atoms with Gasteiger partial charge in [-0.05, 0) is 10.8 Å². The van der Waals surface area contributed by atoms with E-state index in [1.54, 1.807) is 0 Å². The maximum absolute atomic E-state index is 3.29. The van der Waals surface area contributed by atoms with Crippen LogP contribution in [0, 0.1) is 12.0 Å². The van der Waals surface area contributed by atoms with Crippen LogP contribution >= 0.6 is 0 Å². The fourth-order valence-corrected chi connectivity index (χ4v) is 5.95. The van der Waals surface area contributed by atoms with Crippen LogP contribution in [-0.2, 0) is 35.1 Å². The summed E-state index contributed by atoms with van der Waals surface area (Å²) in [6, 6.07) is 31.1. The average molecular weight is 687 g/mol. The Morgan fingerprint density at radius 2 is 1.21 bits per heavy atom. The van der Waals surface area contributed by atoms with Crippen molar-refractivity contribution < 1.29 is 49.0 Å². The minimum absolute atomic E-state index is 0. The van der Waals surface area contributed by atoms with Crippen molar-refractivity contribution in [2.24, 2.45) is 5.92 Å². The molecule has 0 aliphatic heterocycles. The predicted octanol–water partition coefficient (Wildman–Crippen LogP) is 5.18. The van der Waals surface area contributed by atoms with Crippen LogP contribution in [0.5, 0.6) is 0 Å². The van der Waals surface area contributed by atoms with Crippen molar-refractivity contribution in [3.63, 3.8) is 0 Å². The number of halogens is 2. The second kappa shape index (κ2) is 15.2. The van der Waals surface area contributed by atoms with Gasteiger partial charge in [0.2, 0.25) is 0 Å². The molecule has 0 saturated heterocycles. The van der Waals surface area contributed by atoms with E-state index in [2.05, 4.69) is 163 Å². The second-order valence-electron chi connectivity index (χ2n) is 13.4. The van der Waals surface area contributed by atoms with E-state index >= 15 is 0 Å². The first-order valence-electron chi connectivity index (χ1n) is 14.7. The molecular weight excluding hydrogens is 643 g/mol. The normalized spacial score (nSPS) is 14.4. The molecule has 0 nitrogen and oxygen atoms in total. The molecular formula is C40H44Cl2Zr-2. The van der Waals surface area contributed by atoms with E-state index in [1.165, 1.54) is 84.4 Å². The van der Waals surface area contributed by atoms with Gasteiger partial charge in [0.05, 0.1) is 0 Å². The zero-order chi connectivity index (χ0) is 29.9. The third-order valence-corrected chi connectivity index (χ3v) is 8.72. The topological polar surface area (TPSA) is 0 Å². The summed E-state index contributed by atoms with van der Waals surface area (Å²) in [6.07, 6.45) is 5.52. The van der Waals surface area contributed by atoms with Crippen molar-refractivity contribution in [3.05, 3.63) is 125 Å². The fourth-order valence-electron chi connectivity index (χ4n) is 5.33. The summed E-state index contributed by atoms with van der Waals surface area (Å²) in [4.78, 5) is 0. The molecule has 1 aliphatic rings. The van der Waals surface area contributed by atoms with Gasteiger partial charge in [-0.3, -0.25) is 6.08 Å². The van der Waals surface area contributed by atoms with Crippen LogP contribution in [-0.4, -0.2) is 3.71 Å². The molecule has 0 spiro atoms. The summed E-state index contributed by atoms with van der Waals surface area (Å²) in [6.45, 7) is 20.0. The molecule has 0 amide bonds. The Balaban J connectivity index is 0.000000248. The third-order valence-electron chi connectivity index (χ3n) is 7.95. The molecule has 1 aliphatic carbocycles. The molecule has 0 saturated carbocycles. The maximum atomic E-state index is 3.29. The van der Waals surface area contributed by atoms with E-state index in [1.807, 2.05) is 0 Å². The van der Waals surface area contributed by atoms with Crippen molar-refractivity contribution in [3.8, 4) is 0 Å². The van der Waals surface area contributed by atoms with Crippen molar-refractivity contribution in [2.45, 2.75) is 73.1 Å². The molecule has 1 unspecified atom stereocenters. The first-order valence-corrected chi connectivity index (χ1v) is 16.1. The van der Waals surface area contributed by atoms with E-state index in [9.17, 15) is 0 Å². The van der Waals surface area contributed by atoms with Gasteiger partial charge in [-0.1, -0.05) is 96.7 Å². The zero-order valence-electron chi connectivity index (χ0n) is 27.1. The van der Waals surface area contributed by atoms with E-state index in [-0.39, 0.29) is 35.6 Å². The molecule has 224 valence electrons. The van der Waals surface area contributed by atoms with E-state index in [0.29, 0.717) is 5.92 Å². The van der Waals surface area contributed by atoms with Crippen LogP contribution in [0.2, 0.25) is 0 Å². The number of benzene rings is 4. The van der Waals surface area contributed by atoms with Crippen LogP contribution in [0.25, 0.3) is 32.3 Å². The van der Waals surface area contributed by atoms with Crippen molar-refractivity contribution in [1.29, 1.82) is 0 Å². The Bertz CT molecular complexity index is 1660. The van der Waals surface area contributed by atoms with Gasteiger partial charge in [-0.2, -0.15) is 6.08 Å². The molecule has 6 rings (SSSR count). The van der Waals surface area contributed by atoms with Crippen molar-refractivity contribution in [1.82, 2.24) is 0 Å². The molecule has 0 heterocycles. The molecule has 0 bridgehead atoms. The van der Waals surface area contributed by atoms with Gasteiger partial charge in [-0.25, -0.2) is 11.1 Å². The zero-order valence-corrected chi connectivity index (χ0v) is 31.0. The van der Waals surface area contributed by atoms with Crippen LogP contribution in [0.3, 0.4) is 0 Å². The van der Waals surface area contributed by atoms with Crippen LogP contribution < -0.4 is 24.8 Å². The van der Waals surface area contributed by atoms with Gasteiger partial charge < -0.3 is 24.8 Å². The summed E-state index contributed by atoms with van der Waals surface area (Å²) in [7, 11) is 0. The molecule has 0 radical (unpaired) electrons. The number of hydrogen-bond donors (Lipinski definition) is 0. The first-order chi connectivity index (χ1) is 19.3. The third kappa shape index (κ3) is 9.17. The Hall–Kier alpha value is -2.18. The van der Waals surface area contributed by atoms with Gasteiger partial charge in [-0.15, -0.1) is 46.7 Å². The molecule has 3 heteroatoms. The summed E-state index contributed by atoms with van der Waals surface area (Å²) in [5.41, 5.74) is 7.27. The molecule has 5 aromatic rings. The summed E-state index contributed by atoms with van der Waals surface area (Å²) in [5, 5.41) is 8.16. The summed E-state index contributed by atoms with van der Waals surface area (Å²) >= 11 is 1.46. The molecule has 0 aromatic heterocycles. The Morgan fingerprint density at radius 3 is 1.63 bits per heavy atom. The molecule has 0 N–H and O–H groups in total. The summed E-state index contributed by atoms with van der Waals surface area (Å²) < 4.78 is 2.23. The predicted molar refractivity (Wildman–Crippen MR) is 179 cm³/mol. The Kier molecular flexibility index (Phi) is 13.1. The number of hydrogen-bond acceptors (Lipinski definition) is 0. The quantitative estimate of drug-likeness (QED) is 0.213. The van der Waals surface area contributed by atoms with E-state index < -0.39 is 0 Å². The van der Waals surface area contributed by atoms with Crippen molar-refractivity contribution >= 4 is 36.0 Å². The van der Waals surface area contributed by atoms with E-state index in [0.717, 1.165) is 0 Å². The monoisotopic (exact) mass is 684 g/mol. The molecule has 5 aromatic carbocycles. The van der Waals surface area contributed by atoms with Gasteiger partial charge in [0.25, 0.3) is 0 Å². The van der Waals surface area contributed by atoms with Gasteiger partial charge in [0, 0.05) is 0 Å². The van der Waals surface area contributed by atoms with Crippen LogP contribution in [0.15, 0.2) is 102 Å². The molecule has 43 heavy (non-hydrogen) atoms. The van der Waals surface area contributed by atoms with Crippen LogP contribution in [0.1, 0.15) is 79.0 Å². The van der Waals surface area contributed by atoms with Gasteiger partial charge >= 0.3 is 86.7 Å². The standard InChI is InChI=1S/C21H25.C11H8.C8H11.2ClH.Zr/c1-20(2,3)16-7-9-18-14(12-16)11-15-13-17(21(4,5)6)8-10-19(15)18;1-9-5-4-7-10-6-2-3-8-11(9)10;1-6-4-7(2)8(3)5-6;;;/h7-13H,1-6H3;1-8H;4,6H,1-3H3;2*1H;/q-1;;-1;;;+2/p-2. The Morgan fingerprint density at radius 1 is 0.698 bits per heavy atom. The van der Waals surface area contributed by atoms with Gasteiger partial charge in [0.1, 0.15) is 0 Å².